The van der Waals surface area contributed by atoms with Crippen LogP contribution >= 0.6 is 0 Å². The van der Waals surface area contributed by atoms with Gasteiger partial charge in [-0.15, -0.1) is 0 Å². The first-order valence-corrected chi connectivity index (χ1v) is 6.35. The van der Waals surface area contributed by atoms with Crippen molar-refractivity contribution in [3.05, 3.63) is 53.2 Å². The summed E-state index contributed by atoms with van der Waals surface area (Å²) in [5.41, 5.74) is 8.22. The number of halogens is 1. The number of benzene rings is 1. The first-order chi connectivity index (χ1) is 9.13. The summed E-state index contributed by atoms with van der Waals surface area (Å²) in [6.07, 6.45) is 2.21. The van der Waals surface area contributed by atoms with Crippen LogP contribution in [-0.4, -0.2) is 13.6 Å². The van der Waals surface area contributed by atoms with E-state index in [2.05, 4.69) is 0 Å². The Morgan fingerprint density at radius 3 is 2.74 bits per heavy atom. The predicted molar refractivity (Wildman–Crippen MR) is 74.7 cm³/mol. The molecule has 0 atom stereocenters. The van der Waals surface area contributed by atoms with Gasteiger partial charge < -0.3 is 15.1 Å². The average molecular weight is 262 g/mol. The van der Waals surface area contributed by atoms with Gasteiger partial charge in [-0.2, -0.15) is 0 Å². The maximum Gasteiger partial charge on any atom is 0.128 e. The van der Waals surface area contributed by atoms with E-state index in [4.69, 9.17) is 10.2 Å². The van der Waals surface area contributed by atoms with Gasteiger partial charge in [0.05, 0.1) is 6.26 Å². The van der Waals surface area contributed by atoms with Crippen molar-refractivity contribution in [1.82, 2.24) is 0 Å². The van der Waals surface area contributed by atoms with E-state index in [1.165, 1.54) is 6.07 Å². The molecule has 19 heavy (non-hydrogen) atoms. The molecular weight excluding hydrogens is 243 g/mol. The number of nitrogens with zero attached hydrogens (tertiary/aromatic N) is 1. The van der Waals surface area contributed by atoms with Gasteiger partial charge in [0.25, 0.3) is 0 Å². The third-order valence-electron chi connectivity index (χ3n) is 3.27. The second kappa shape index (κ2) is 5.89. The molecule has 3 nitrogen and oxygen atoms in total. The first kappa shape index (κ1) is 13.6. The van der Waals surface area contributed by atoms with Crippen molar-refractivity contribution in [2.24, 2.45) is 5.73 Å². The van der Waals surface area contributed by atoms with Crippen molar-refractivity contribution in [3.63, 3.8) is 0 Å². The fraction of sp³-hybridized carbons (Fsp3) is 0.333. The van der Waals surface area contributed by atoms with Crippen molar-refractivity contribution in [1.29, 1.82) is 0 Å². The molecule has 0 spiro atoms. The van der Waals surface area contributed by atoms with Gasteiger partial charge in [0.1, 0.15) is 11.6 Å². The zero-order valence-corrected chi connectivity index (χ0v) is 11.3. The summed E-state index contributed by atoms with van der Waals surface area (Å²) in [7, 11) is 1.95. The van der Waals surface area contributed by atoms with Gasteiger partial charge in [0, 0.05) is 30.4 Å². The summed E-state index contributed by atoms with van der Waals surface area (Å²) in [6.45, 7) is 3.05. The van der Waals surface area contributed by atoms with Crippen molar-refractivity contribution in [2.45, 2.75) is 19.9 Å². The molecule has 2 aromatic rings. The molecular formula is C15H19FN2O. The van der Waals surface area contributed by atoms with E-state index in [0.29, 0.717) is 25.1 Å². The van der Waals surface area contributed by atoms with Crippen molar-refractivity contribution in [2.75, 3.05) is 18.5 Å². The number of furan rings is 1. The lowest BCUT2D eigenvalue weighted by atomic mass is 10.1. The molecule has 1 heterocycles. The highest BCUT2D eigenvalue weighted by atomic mass is 19.1. The van der Waals surface area contributed by atoms with E-state index < -0.39 is 0 Å². The van der Waals surface area contributed by atoms with Crippen LogP contribution in [0.3, 0.4) is 0 Å². The summed E-state index contributed by atoms with van der Waals surface area (Å²) in [5.74, 6) is 0.697. The van der Waals surface area contributed by atoms with Crippen LogP contribution in [0.2, 0.25) is 0 Å². The van der Waals surface area contributed by atoms with Gasteiger partial charge in [0.15, 0.2) is 0 Å². The molecule has 0 aliphatic carbocycles. The minimum atomic E-state index is -0.196. The van der Waals surface area contributed by atoms with Gasteiger partial charge in [0.2, 0.25) is 0 Å². The minimum absolute atomic E-state index is 0.196. The molecule has 2 N–H and O–H groups in total. The minimum Gasteiger partial charge on any atom is -0.469 e. The van der Waals surface area contributed by atoms with Crippen LogP contribution in [0, 0.1) is 12.7 Å². The number of anilines is 1. The number of rotatable bonds is 5. The Hall–Kier alpha value is -1.81. The largest absolute Gasteiger partial charge is 0.469 e. The number of aryl methyl sites for hydroxylation is 1. The quantitative estimate of drug-likeness (QED) is 0.901. The highest BCUT2D eigenvalue weighted by Gasteiger charge is 2.13. The molecule has 2 rings (SSSR count). The van der Waals surface area contributed by atoms with Crippen LogP contribution in [0.1, 0.15) is 16.9 Å². The van der Waals surface area contributed by atoms with E-state index in [0.717, 1.165) is 17.0 Å². The van der Waals surface area contributed by atoms with Crippen LogP contribution in [0.25, 0.3) is 0 Å². The number of nitrogens with two attached hydrogens (primary N) is 1. The highest BCUT2D eigenvalue weighted by Crippen LogP contribution is 2.25. The highest BCUT2D eigenvalue weighted by molar-refractivity contribution is 5.54. The Kier molecular flexibility index (Phi) is 4.22. The molecule has 0 unspecified atom stereocenters. The molecule has 0 saturated carbocycles. The maximum atomic E-state index is 13.9. The fourth-order valence-electron chi connectivity index (χ4n) is 2.21. The molecule has 0 aliphatic rings. The van der Waals surface area contributed by atoms with E-state index in [-0.39, 0.29) is 5.82 Å². The Morgan fingerprint density at radius 1 is 1.32 bits per heavy atom. The lowest BCUT2D eigenvalue weighted by molar-refractivity contribution is 0.529. The van der Waals surface area contributed by atoms with Crippen molar-refractivity contribution >= 4 is 5.69 Å². The smallest absolute Gasteiger partial charge is 0.128 e. The van der Waals surface area contributed by atoms with Gasteiger partial charge in [-0.1, -0.05) is 6.07 Å². The summed E-state index contributed by atoms with van der Waals surface area (Å²) < 4.78 is 19.1. The van der Waals surface area contributed by atoms with Crippen LogP contribution in [0.15, 0.2) is 34.9 Å². The molecule has 0 fully saturated rings. The number of hydrogen-bond acceptors (Lipinski definition) is 3. The molecule has 1 aromatic carbocycles. The summed E-state index contributed by atoms with van der Waals surface area (Å²) >= 11 is 0. The topological polar surface area (TPSA) is 42.4 Å². The lowest BCUT2D eigenvalue weighted by Gasteiger charge is -2.22. The molecule has 0 saturated heterocycles. The summed E-state index contributed by atoms with van der Waals surface area (Å²) in [5, 5.41) is 0. The third kappa shape index (κ3) is 2.96. The van der Waals surface area contributed by atoms with Gasteiger partial charge >= 0.3 is 0 Å². The lowest BCUT2D eigenvalue weighted by Crippen LogP contribution is -2.19. The molecule has 102 valence electrons. The van der Waals surface area contributed by atoms with E-state index in [9.17, 15) is 4.39 Å². The van der Waals surface area contributed by atoms with Crippen molar-refractivity contribution < 1.29 is 8.81 Å². The van der Waals surface area contributed by atoms with Gasteiger partial charge in [-0.05, 0) is 38.1 Å². The van der Waals surface area contributed by atoms with E-state index >= 15 is 0 Å². The zero-order chi connectivity index (χ0) is 13.8. The molecule has 0 bridgehead atoms. The summed E-state index contributed by atoms with van der Waals surface area (Å²) in [6, 6.07) is 7.06. The fourth-order valence-corrected chi connectivity index (χ4v) is 2.21. The summed E-state index contributed by atoms with van der Waals surface area (Å²) in [4.78, 5) is 2.02. The van der Waals surface area contributed by atoms with Crippen LogP contribution in [0.4, 0.5) is 10.1 Å². The molecule has 0 aliphatic heterocycles. The average Bonchev–Trinajstić information content (AvgIpc) is 2.78. The molecule has 4 heteroatoms. The standard InChI is InChI=1S/C15H19FN2O/c1-11-12(7-9-19-11)10-18(2)15-5-3-4-14(16)13(15)6-8-17/h3-5,7,9H,6,8,10,17H2,1-2H3. The Bertz CT molecular complexity index is 551. The van der Waals surface area contributed by atoms with Crippen LogP contribution in [-0.2, 0) is 13.0 Å². The zero-order valence-electron chi connectivity index (χ0n) is 11.3. The molecule has 1 aromatic heterocycles. The molecule has 0 amide bonds. The molecule has 0 radical (unpaired) electrons. The Balaban J connectivity index is 2.26. The van der Waals surface area contributed by atoms with E-state index in [1.807, 2.05) is 31.0 Å². The van der Waals surface area contributed by atoms with Gasteiger partial charge in [-0.3, -0.25) is 0 Å². The van der Waals surface area contributed by atoms with Crippen LogP contribution < -0.4 is 10.6 Å². The second-order valence-electron chi connectivity index (χ2n) is 4.63. The third-order valence-corrected chi connectivity index (χ3v) is 3.27. The Labute approximate surface area is 112 Å². The SMILES string of the molecule is Cc1occc1CN(C)c1cccc(F)c1CCN. The Morgan fingerprint density at radius 2 is 2.11 bits per heavy atom. The van der Waals surface area contributed by atoms with E-state index in [1.54, 1.807) is 12.3 Å². The second-order valence-corrected chi connectivity index (χ2v) is 4.63. The normalized spacial score (nSPS) is 10.7. The van der Waals surface area contributed by atoms with Crippen molar-refractivity contribution in [3.8, 4) is 0 Å². The van der Waals surface area contributed by atoms with Gasteiger partial charge in [-0.25, -0.2) is 4.39 Å². The predicted octanol–water partition coefficient (Wildman–Crippen LogP) is 2.86. The monoisotopic (exact) mass is 262 g/mol. The maximum absolute atomic E-state index is 13.9. The first-order valence-electron chi connectivity index (χ1n) is 6.35. The van der Waals surface area contributed by atoms with Crippen LogP contribution in [0.5, 0.6) is 0 Å². The number of hydrogen-bond donors (Lipinski definition) is 1.